The Bertz CT molecular complexity index is 662. The SMILES string of the molecule is COc1cccc(CNC(=O)/C=C(\C)CCc2ccccc2)c1. The highest BCUT2D eigenvalue weighted by atomic mass is 16.5. The van der Waals surface area contributed by atoms with Crippen molar-refractivity contribution in [3.8, 4) is 5.75 Å². The van der Waals surface area contributed by atoms with Crippen LogP contribution in [0.15, 0.2) is 66.2 Å². The standard InChI is InChI=1S/C20H23NO2/c1-16(11-12-17-7-4-3-5-8-17)13-20(22)21-15-18-9-6-10-19(14-18)23-2/h3-10,13-14H,11-12,15H2,1-2H3,(H,21,22)/b16-13+. The summed E-state index contributed by atoms with van der Waals surface area (Å²) in [6.45, 7) is 2.49. The first-order valence-electron chi connectivity index (χ1n) is 7.79. The van der Waals surface area contributed by atoms with Crippen molar-refractivity contribution in [1.82, 2.24) is 5.32 Å². The third kappa shape index (κ3) is 5.99. The minimum absolute atomic E-state index is 0.0571. The van der Waals surface area contributed by atoms with E-state index in [2.05, 4.69) is 17.4 Å². The van der Waals surface area contributed by atoms with Crippen molar-refractivity contribution in [1.29, 1.82) is 0 Å². The molecule has 0 atom stereocenters. The van der Waals surface area contributed by atoms with Crippen LogP contribution in [0.25, 0.3) is 0 Å². The van der Waals surface area contributed by atoms with Crippen LogP contribution < -0.4 is 10.1 Å². The van der Waals surface area contributed by atoms with Crippen molar-refractivity contribution < 1.29 is 9.53 Å². The zero-order valence-corrected chi connectivity index (χ0v) is 13.7. The number of ether oxygens (including phenoxy) is 1. The Kier molecular flexibility index (Phi) is 6.42. The first-order valence-corrected chi connectivity index (χ1v) is 7.79. The van der Waals surface area contributed by atoms with Gasteiger partial charge in [-0.15, -0.1) is 0 Å². The molecule has 0 fully saturated rings. The molecule has 0 spiro atoms. The normalized spacial score (nSPS) is 11.1. The van der Waals surface area contributed by atoms with Gasteiger partial charge in [-0.3, -0.25) is 4.79 Å². The maximum atomic E-state index is 12.0. The Hall–Kier alpha value is -2.55. The summed E-state index contributed by atoms with van der Waals surface area (Å²) in [6.07, 6.45) is 3.52. The Morgan fingerprint density at radius 1 is 1.09 bits per heavy atom. The molecule has 120 valence electrons. The van der Waals surface area contributed by atoms with Crippen molar-refractivity contribution in [3.05, 3.63) is 77.4 Å². The Morgan fingerprint density at radius 3 is 2.57 bits per heavy atom. The maximum Gasteiger partial charge on any atom is 0.244 e. The summed E-state index contributed by atoms with van der Waals surface area (Å²) in [7, 11) is 1.64. The number of benzene rings is 2. The average Bonchev–Trinajstić information content (AvgIpc) is 2.59. The molecule has 23 heavy (non-hydrogen) atoms. The second kappa shape index (κ2) is 8.79. The van der Waals surface area contributed by atoms with E-state index >= 15 is 0 Å². The van der Waals surface area contributed by atoms with Crippen LogP contribution in [-0.2, 0) is 17.8 Å². The van der Waals surface area contributed by atoms with Crippen LogP contribution >= 0.6 is 0 Å². The van der Waals surface area contributed by atoms with Crippen LogP contribution in [0.1, 0.15) is 24.5 Å². The summed E-state index contributed by atoms with van der Waals surface area (Å²) in [4.78, 5) is 12.0. The monoisotopic (exact) mass is 309 g/mol. The van der Waals surface area contributed by atoms with Gasteiger partial charge < -0.3 is 10.1 Å². The fraction of sp³-hybridized carbons (Fsp3) is 0.250. The first kappa shape index (κ1) is 16.8. The van der Waals surface area contributed by atoms with Gasteiger partial charge in [0, 0.05) is 12.6 Å². The summed E-state index contributed by atoms with van der Waals surface area (Å²) < 4.78 is 5.18. The van der Waals surface area contributed by atoms with Crippen molar-refractivity contribution >= 4 is 5.91 Å². The van der Waals surface area contributed by atoms with Gasteiger partial charge in [0.1, 0.15) is 5.75 Å². The highest BCUT2D eigenvalue weighted by Gasteiger charge is 2.01. The van der Waals surface area contributed by atoms with E-state index in [0.717, 1.165) is 29.7 Å². The molecule has 2 aromatic rings. The van der Waals surface area contributed by atoms with Crippen molar-refractivity contribution in [3.63, 3.8) is 0 Å². The fourth-order valence-corrected chi connectivity index (χ4v) is 2.30. The molecular weight excluding hydrogens is 286 g/mol. The molecule has 0 unspecified atom stereocenters. The zero-order valence-electron chi connectivity index (χ0n) is 13.7. The van der Waals surface area contributed by atoms with Gasteiger partial charge in [-0.2, -0.15) is 0 Å². The van der Waals surface area contributed by atoms with Gasteiger partial charge in [0.15, 0.2) is 0 Å². The lowest BCUT2D eigenvalue weighted by atomic mass is 10.1. The van der Waals surface area contributed by atoms with E-state index in [0.29, 0.717) is 6.54 Å². The Labute approximate surface area is 138 Å². The van der Waals surface area contributed by atoms with Crippen LogP contribution in [0, 0.1) is 0 Å². The number of amides is 1. The number of methoxy groups -OCH3 is 1. The summed E-state index contributed by atoms with van der Waals surface area (Å²) in [5, 5.41) is 2.91. The first-order chi connectivity index (χ1) is 11.2. The third-order valence-electron chi connectivity index (χ3n) is 3.63. The lowest BCUT2D eigenvalue weighted by Crippen LogP contribution is -2.20. The van der Waals surface area contributed by atoms with Crippen LogP contribution in [0.4, 0.5) is 0 Å². The maximum absolute atomic E-state index is 12.0. The number of carbonyl (C=O) groups excluding carboxylic acids is 1. The lowest BCUT2D eigenvalue weighted by Gasteiger charge is -2.06. The van der Waals surface area contributed by atoms with E-state index < -0.39 is 0 Å². The fourth-order valence-electron chi connectivity index (χ4n) is 2.30. The molecule has 0 aliphatic rings. The molecular formula is C20H23NO2. The van der Waals surface area contributed by atoms with Crippen molar-refractivity contribution in [2.75, 3.05) is 7.11 Å². The molecule has 1 N–H and O–H groups in total. The summed E-state index contributed by atoms with van der Waals surface area (Å²) in [5.74, 6) is 0.740. The molecule has 0 aliphatic heterocycles. The van der Waals surface area contributed by atoms with Crippen molar-refractivity contribution in [2.45, 2.75) is 26.3 Å². The van der Waals surface area contributed by atoms with E-state index in [4.69, 9.17) is 4.74 Å². The molecule has 1 amide bonds. The number of hydrogen-bond donors (Lipinski definition) is 1. The Morgan fingerprint density at radius 2 is 1.83 bits per heavy atom. The number of nitrogens with one attached hydrogen (secondary N) is 1. The van der Waals surface area contributed by atoms with Gasteiger partial charge >= 0.3 is 0 Å². The smallest absolute Gasteiger partial charge is 0.244 e. The molecule has 3 heteroatoms. The molecule has 2 rings (SSSR count). The predicted octanol–water partition coefficient (Wildman–Crippen LogP) is 3.89. The molecule has 0 aliphatic carbocycles. The third-order valence-corrected chi connectivity index (χ3v) is 3.63. The van der Waals surface area contributed by atoms with E-state index in [1.54, 1.807) is 13.2 Å². The van der Waals surface area contributed by atoms with Gasteiger partial charge in [0.05, 0.1) is 7.11 Å². The van der Waals surface area contributed by atoms with Crippen molar-refractivity contribution in [2.24, 2.45) is 0 Å². The van der Waals surface area contributed by atoms with E-state index in [9.17, 15) is 4.79 Å². The molecule has 0 aromatic heterocycles. The number of hydrogen-bond acceptors (Lipinski definition) is 2. The summed E-state index contributed by atoms with van der Waals surface area (Å²) >= 11 is 0. The number of aryl methyl sites for hydroxylation is 1. The summed E-state index contributed by atoms with van der Waals surface area (Å²) in [5.41, 5.74) is 3.39. The van der Waals surface area contributed by atoms with E-state index in [1.165, 1.54) is 5.56 Å². The number of carbonyl (C=O) groups is 1. The van der Waals surface area contributed by atoms with E-state index in [-0.39, 0.29) is 5.91 Å². The second-order valence-corrected chi connectivity index (χ2v) is 5.55. The molecule has 0 heterocycles. The van der Waals surface area contributed by atoms with Gasteiger partial charge in [0.25, 0.3) is 0 Å². The molecule has 2 aromatic carbocycles. The zero-order chi connectivity index (χ0) is 16.5. The highest BCUT2D eigenvalue weighted by Crippen LogP contribution is 2.12. The molecule has 0 radical (unpaired) electrons. The van der Waals surface area contributed by atoms with Crippen LogP contribution in [-0.4, -0.2) is 13.0 Å². The molecule has 3 nitrogen and oxygen atoms in total. The Balaban J connectivity index is 1.80. The van der Waals surface area contributed by atoms with Gasteiger partial charge in [0.2, 0.25) is 5.91 Å². The number of allylic oxidation sites excluding steroid dienone is 1. The minimum atomic E-state index is -0.0571. The predicted molar refractivity (Wildman–Crippen MR) is 93.4 cm³/mol. The molecule has 0 saturated heterocycles. The average molecular weight is 309 g/mol. The van der Waals surface area contributed by atoms with Crippen LogP contribution in [0.3, 0.4) is 0 Å². The number of rotatable bonds is 7. The summed E-state index contributed by atoms with van der Waals surface area (Å²) in [6, 6.07) is 18.0. The highest BCUT2D eigenvalue weighted by molar-refractivity contribution is 5.88. The minimum Gasteiger partial charge on any atom is -0.497 e. The second-order valence-electron chi connectivity index (χ2n) is 5.55. The lowest BCUT2D eigenvalue weighted by molar-refractivity contribution is -0.116. The van der Waals surface area contributed by atoms with Gasteiger partial charge in [-0.1, -0.05) is 48.0 Å². The van der Waals surface area contributed by atoms with Crippen LogP contribution in [0.2, 0.25) is 0 Å². The van der Waals surface area contributed by atoms with E-state index in [1.807, 2.05) is 49.4 Å². The van der Waals surface area contributed by atoms with Gasteiger partial charge in [-0.25, -0.2) is 0 Å². The van der Waals surface area contributed by atoms with Crippen LogP contribution in [0.5, 0.6) is 5.75 Å². The topological polar surface area (TPSA) is 38.3 Å². The molecule has 0 saturated carbocycles. The molecule has 0 bridgehead atoms. The largest absolute Gasteiger partial charge is 0.497 e. The quantitative estimate of drug-likeness (QED) is 0.788. The van der Waals surface area contributed by atoms with Gasteiger partial charge in [-0.05, 0) is 43.0 Å².